The largest absolute Gasteiger partial charge is 0.508 e. The third-order valence-electron chi connectivity index (χ3n) is 3.22. The lowest BCUT2D eigenvalue weighted by molar-refractivity contribution is 0.0952. The number of nitrogens with zero attached hydrogens (tertiary/aromatic N) is 1. The molecule has 0 saturated heterocycles. The zero-order valence-corrected chi connectivity index (χ0v) is 11.4. The van der Waals surface area contributed by atoms with Crippen molar-refractivity contribution in [2.24, 2.45) is 5.10 Å². The molecule has 0 aliphatic rings. The Balaban J connectivity index is 1.75. The average molecular weight is 295 g/mol. The number of amides is 1. The number of nitrogens with one attached hydrogen (secondary N) is 2. The molecule has 0 aliphatic carbocycles. The molecule has 0 radical (unpaired) electrons. The van der Waals surface area contributed by atoms with Gasteiger partial charge < -0.3 is 15.2 Å². The summed E-state index contributed by atoms with van der Waals surface area (Å²) in [5.41, 5.74) is 4.19. The van der Waals surface area contributed by atoms with Crippen LogP contribution in [0.3, 0.4) is 0 Å². The minimum absolute atomic E-state index is 0.0360. The fourth-order valence-electron chi connectivity index (χ4n) is 2.13. The number of para-hydroxylation sites is 1. The van der Waals surface area contributed by atoms with Crippen LogP contribution >= 0.6 is 0 Å². The molecular weight excluding hydrogens is 282 g/mol. The van der Waals surface area contributed by atoms with Gasteiger partial charge in [0.25, 0.3) is 5.91 Å². The number of phenols is 2. The van der Waals surface area contributed by atoms with E-state index in [1.54, 1.807) is 6.20 Å². The molecule has 0 saturated carbocycles. The summed E-state index contributed by atoms with van der Waals surface area (Å²) in [5.74, 6) is -0.982. The molecule has 0 atom stereocenters. The Labute approximate surface area is 125 Å². The number of phenolic OH excluding ortho intramolecular Hbond substituents is 2. The molecule has 6 heteroatoms. The summed E-state index contributed by atoms with van der Waals surface area (Å²) in [5, 5.41) is 23.7. The number of rotatable bonds is 3. The number of hydrazone groups is 1. The monoisotopic (exact) mass is 295 g/mol. The van der Waals surface area contributed by atoms with Gasteiger partial charge in [-0.25, -0.2) is 5.43 Å². The summed E-state index contributed by atoms with van der Waals surface area (Å²) in [6.45, 7) is 0. The highest BCUT2D eigenvalue weighted by Gasteiger charge is 2.10. The van der Waals surface area contributed by atoms with Crippen LogP contribution < -0.4 is 5.43 Å². The number of fused-ring (bicyclic) bond motifs is 1. The number of aromatic hydroxyl groups is 2. The van der Waals surface area contributed by atoms with E-state index >= 15 is 0 Å². The highest BCUT2D eigenvalue weighted by molar-refractivity contribution is 6.00. The van der Waals surface area contributed by atoms with Crippen LogP contribution in [0.15, 0.2) is 53.8 Å². The molecule has 1 amide bonds. The van der Waals surface area contributed by atoms with E-state index in [-0.39, 0.29) is 17.1 Å². The van der Waals surface area contributed by atoms with Crippen LogP contribution in [0.2, 0.25) is 0 Å². The van der Waals surface area contributed by atoms with Crippen molar-refractivity contribution in [3.63, 3.8) is 0 Å². The van der Waals surface area contributed by atoms with Crippen LogP contribution in [0.1, 0.15) is 15.9 Å². The average Bonchev–Trinajstić information content (AvgIpc) is 2.90. The lowest BCUT2D eigenvalue weighted by Crippen LogP contribution is -2.17. The molecule has 4 N–H and O–H groups in total. The van der Waals surface area contributed by atoms with Gasteiger partial charge >= 0.3 is 0 Å². The van der Waals surface area contributed by atoms with E-state index < -0.39 is 5.91 Å². The van der Waals surface area contributed by atoms with Crippen LogP contribution in [0, 0.1) is 0 Å². The molecule has 110 valence electrons. The molecule has 2 aromatic carbocycles. The first kappa shape index (κ1) is 13.7. The Bertz CT molecular complexity index is 868. The molecule has 1 aromatic heterocycles. The second kappa shape index (κ2) is 5.61. The molecule has 0 spiro atoms. The minimum atomic E-state index is -0.561. The topological polar surface area (TPSA) is 97.7 Å². The van der Waals surface area contributed by atoms with Gasteiger partial charge in [-0.05, 0) is 18.2 Å². The number of aromatic nitrogens is 1. The van der Waals surface area contributed by atoms with Gasteiger partial charge in [-0.15, -0.1) is 0 Å². The van der Waals surface area contributed by atoms with Gasteiger partial charge in [0.2, 0.25) is 0 Å². The van der Waals surface area contributed by atoms with Gasteiger partial charge in [-0.3, -0.25) is 4.79 Å². The standard InChI is InChI=1S/C16H13N3O3/c20-11-5-6-13(15(21)7-11)16(22)19-18-9-10-8-17-14-4-2-1-3-12(10)14/h1-9,17,20-21H,(H,19,22)/b18-9-. The zero-order valence-electron chi connectivity index (χ0n) is 11.4. The number of aromatic amines is 1. The number of hydrogen-bond acceptors (Lipinski definition) is 4. The maximum absolute atomic E-state index is 11.9. The van der Waals surface area contributed by atoms with Crippen LogP contribution in [-0.4, -0.2) is 27.3 Å². The van der Waals surface area contributed by atoms with Gasteiger partial charge in [-0.1, -0.05) is 18.2 Å². The first-order valence-corrected chi connectivity index (χ1v) is 6.56. The van der Waals surface area contributed by atoms with E-state index in [1.165, 1.54) is 18.3 Å². The summed E-state index contributed by atoms with van der Waals surface area (Å²) >= 11 is 0. The predicted octanol–water partition coefficient (Wildman–Crippen LogP) is 2.34. The van der Waals surface area contributed by atoms with Crippen molar-refractivity contribution in [2.75, 3.05) is 0 Å². The van der Waals surface area contributed by atoms with E-state index in [4.69, 9.17) is 0 Å². The Kier molecular flexibility index (Phi) is 3.49. The Morgan fingerprint density at radius 2 is 2.00 bits per heavy atom. The minimum Gasteiger partial charge on any atom is -0.508 e. The lowest BCUT2D eigenvalue weighted by atomic mass is 10.2. The van der Waals surface area contributed by atoms with Crippen molar-refractivity contribution in [1.82, 2.24) is 10.4 Å². The van der Waals surface area contributed by atoms with Crippen molar-refractivity contribution in [1.29, 1.82) is 0 Å². The summed E-state index contributed by atoms with van der Waals surface area (Å²) in [4.78, 5) is 15.0. The second-order valence-electron chi connectivity index (χ2n) is 4.69. The Hall–Kier alpha value is -3.28. The number of carbonyl (C=O) groups excluding carboxylic acids is 1. The number of hydrogen-bond donors (Lipinski definition) is 4. The molecule has 1 heterocycles. The molecule has 22 heavy (non-hydrogen) atoms. The van der Waals surface area contributed by atoms with E-state index in [2.05, 4.69) is 15.5 Å². The quantitative estimate of drug-likeness (QED) is 0.441. The molecule has 0 fully saturated rings. The first-order valence-electron chi connectivity index (χ1n) is 6.56. The molecular formula is C16H13N3O3. The van der Waals surface area contributed by atoms with Gasteiger partial charge in [0.05, 0.1) is 11.8 Å². The van der Waals surface area contributed by atoms with E-state index in [9.17, 15) is 15.0 Å². The fourth-order valence-corrected chi connectivity index (χ4v) is 2.13. The third kappa shape index (κ3) is 2.62. The summed E-state index contributed by atoms with van der Waals surface area (Å²) in [6, 6.07) is 11.5. The second-order valence-corrected chi connectivity index (χ2v) is 4.69. The van der Waals surface area contributed by atoms with Crippen LogP contribution in [0.5, 0.6) is 11.5 Å². The molecule has 3 rings (SSSR count). The van der Waals surface area contributed by atoms with Crippen molar-refractivity contribution >= 4 is 23.0 Å². The van der Waals surface area contributed by atoms with Gasteiger partial charge in [0.15, 0.2) is 0 Å². The SMILES string of the molecule is O=C(N/N=C\c1c[nH]c2ccccc12)c1ccc(O)cc1O. The number of H-pyrrole nitrogens is 1. The van der Waals surface area contributed by atoms with E-state index in [0.717, 1.165) is 22.5 Å². The third-order valence-corrected chi connectivity index (χ3v) is 3.22. The highest BCUT2D eigenvalue weighted by Crippen LogP contribution is 2.22. The van der Waals surface area contributed by atoms with Crippen LogP contribution in [0.25, 0.3) is 10.9 Å². The van der Waals surface area contributed by atoms with E-state index in [1.807, 2.05) is 24.3 Å². The molecule has 6 nitrogen and oxygen atoms in total. The van der Waals surface area contributed by atoms with Gasteiger partial charge in [-0.2, -0.15) is 5.10 Å². The van der Waals surface area contributed by atoms with Gasteiger partial charge in [0, 0.05) is 28.7 Å². The van der Waals surface area contributed by atoms with E-state index in [0.29, 0.717) is 0 Å². The Morgan fingerprint density at radius 1 is 1.18 bits per heavy atom. The van der Waals surface area contributed by atoms with Gasteiger partial charge in [0.1, 0.15) is 11.5 Å². The highest BCUT2D eigenvalue weighted by atomic mass is 16.3. The summed E-state index contributed by atoms with van der Waals surface area (Å²) in [7, 11) is 0. The maximum atomic E-state index is 11.9. The van der Waals surface area contributed by atoms with Crippen molar-refractivity contribution in [3.8, 4) is 11.5 Å². The summed E-state index contributed by atoms with van der Waals surface area (Å²) in [6.07, 6.45) is 3.31. The van der Waals surface area contributed by atoms with Crippen LogP contribution in [-0.2, 0) is 0 Å². The summed E-state index contributed by atoms with van der Waals surface area (Å²) < 4.78 is 0. The molecule has 0 aliphatic heterocycles. The predicted molar refractivity (Wildman–Crippen MR) is 83.1 cm³/mol. The molecule has 0 unspecified atom stereocenters. The molecule has 0 bridgehead atoms. The zero-order chi connectivity index (χ0) is 15.5. The van der Waals surface area contributed by atoms with Crippen molar-refractivity contribution in [2.45, 2.75) is 0 Å². The van der Waals surface area contributed by atoms with Crippen molar-refractivity contribution < 1.29 is 15.0 Å². The van der Waals surface area contributed by atoms with Crippen LogP contribution in [0.4, 0.5) is 0 Å². The smallest absolute Gasteiger partial charge is 0.275 e. The van der Waals surface area contributed by atoms with Crippen molar-refractivity contribution in [3.05, 3.63) is 59.8 Å². The number of benzene rings is 2. The number of carbonyl (C=O) groups is 1. The molecule has 3 aromatic rings. The first-order chi connectivity index (χ1) is 10.6. The normalized spacial score (nSPS) is 11.1. The lowest BCUT2D eigenvalue weighted by Gasteiger charge is -2.03. The Morgan fingerprint density at radius 3 is 2.82 bits per heavy atom. The maximum Gasteiger partial charge on any atom is 0.275 e. The fraction of sp³-hybridized carbons (Fsp3) is 0.